The van der Waals surface area contributed by atoms with Gasteiger partial charge in [-0.2, -0.15) is 0 Å². The summed E-state index contributed by atoms with van der Waals surface area (Å²) >= 11 is 5.29. The summed E-state index contributed by atoms with van der Waals surface area (Å²) in [4.78, 5) is 1.20. The number of rotatable bonds is 2. The Bertz CT molecular complexity index is 560. The van der Waals surface area contributed by atoms with Crippen LogP contribution in [0.15, 0.2) is 22.0 Å². The quantitative estimate of drug-likeness (QED) is 0.844. The first-order valence-corrected chi connectivity index (χ1v) is 7.66. The minimum absolute atomic E-state index is 0.0435. The van der Waals surface area contributed by atoms with Gasteiger partial charge in [-0.3, -0.25) is 0 Å². The first-order valence-electron chi connectivity index (χ1n) is 5.99. The molecule has 1 atom stereocenters. The van der Waals surface area contributed by atoms with Gasteiger partial charge in [0.05, 0.1) is 6.04 Å². The molecule has 3 heteroatoms. The van der Waals surface area contributed by atoms with E-state index in [0.717, 1.165) is 4.47 Å². The van der Waals surface area contributed by atoms with Gasteiger partial charge in [0.1, 0.15) is 0 Å². The Morgan fingerprint density at radius 1 is 1.11 bits per heavy atom. The molecule has 0 aliphatic heterocycles. The molecule has 0 saturated carbocycles. The maximum Gasteiger partial charge on any atom is 0.0662 e. The van der Waals surface area contributed by atoms with Crippen LogP contribution in [0.5, 0.6) is 0 Å². The van der Waals surface area contributed by atoms with Crippen LogP contribution >= 0.6 is 27.3 Å². The van der Waals surface area contributed by atoms with Crippen molar-refractivity contribution in [3.05, 3.63) is 54.7 Å². The first-order chi connectivity index (χ1) is 8.43. The molecule has 2 N–H and O–H groups in total. The lowest BCUT2D eigenvalue weighted by atomic mass is 9.89. The van der Waals surface area contributed by atoms with Gasteiger partial charge in [0, 0.05) is 9.35 Å². The molecule has 1 aromatic heterocycles. The molecular weight excluding hydrogens is 306 g/mol. The maximum absolute atomic E-state index is 6.48. The molecule has 0 saturated heterocycles. The largest absolute Gasteiger partial charge is 0.320 e. The van der Waals surface area contributed by atoms with Crippen LogP contribution in [-0.2, 0) is 0 Å². The van der Waals surface area contributed by atoms with E-state index in [1.165, 1.54) is 32.7 Å². The molecule has 96 valence electrons. The van der Waals surface area contributed by atoms with Crippen molar-refractivity contribution >= 4 is 27.3 Å². The third-order valence-corrected chi connectivity index (χ3v) is 5.62. The summed E-state index contributed by atoms with van der Waals surface area (Å²) in [5, 5.41) is 2.08. The van der Waals surface area contributed by atoms with Crippen molar-refractivity contribution in [2.75, 3.05) is 0 Å². The fourth-order valence-corrected chi connectivity index (χ4v) is 4.00. The average Bonchev–Trinajstić information content (AvgIpc) is 2.73. The van der Waals surface area contributed by atoms with E-state index < -0.39 is 0 Å². The molecule has 2 rings (SSSR count). The normalized spacial score (nSPS) is 12.8. The van der Waals surface area contributed by atoms with Crippen LogP contribution in [0.2, 0.25) is 0 Å². The second-order valence-corrected chi connectivity index (χ2v) is 6.59. The van der Waals surface area contributed by atoms with Gasteiger partial charge in [-0.05, 0) is 82.9 Å². The molecule has 0 aliphatic carbocycles. The summed E-state index contributed by atoms with van der Waals surface area (Å²) < 4.78 is 1.11. The Morgan fingerprint density at radius 2 is 1.67 bits per heavy atom. The van der Waals surface area contributed by atoms with Gasteiger partial charge in [-0.1, -0.05) is 6.07 Å². The Labute approximate surface area is 121 Å². The monoisotopic (exact) mass is 323 g/mol. The lowest BCUT2D eigenvalue weighted by Gasteiger charge is -2.20. The van der Waals surface area contributed by atoms with Gasteiger partial charge in [0.25, 0.3) is 0 Å². The summed E-state index contributed by atoms with van der Waals surface area (Å²) in [5.41, 5.74) is 13.0. The molecule has 1 unspecified atom stereocenters. The zero-order valence-corrected chi connectivity index (χ0v) is 13.6. The summed E-state index contributed by atoms with van der Waals surface area (Å²) in [5.74, 6) is 0. The van der Waals surface area contributed by atoms with E-state index in [0.29, 0.717) is 0 Å². The van der Waals surface area contributed by atoms with Crippen LogP contribution in [-0.4, -0.2) is 0 Å². The van der Waals surface area contributed by atoms with Crippen molar-refractivity contribution in [1.29, 1.82) is 0 Å². The van der Waals surface area contributed by atoms with Crippen molar-refractivity contribution in [3.63, 3.8) is 0 Å². The predicted molar refractivity (Wildman–Crippen MR) is 83.4 cm³/mol. The lowest BCUT2D eigenvalue weighted by molar-refractivity contribution is 0.860. The summed E-state index contributed by atoms with van der Waals surface area (Å²) in [6.07, 6.45) is 0. The molecule has 1 heterocycles. The Balaban J connectivity index is 2.61. The molecule has 0 amide bonds. The molecule has 0 radical (unpaired) electrons. The standard InChI is InChI=1S/C15H18BrNS/c1-8-7-9(2)11(4)13(10(8)3)14(17)15-12(16)5-6-18-15/h5-7,14H,17H2,1-4H3. The van der Waals surface area contributed by atoms with Crippen LogP contribution < -0.4 is 5.73 Å². The molecule has 0 spiro atoms. The highest BCUT2D eigenvalue weighted by molar-refractivity contribution is 9.10. The fraction of sp³-hybridized carbons (Fsp3) is 0.333. The molecule has 2 aromatic rings. The Hall–Kier alpha value is -0.640. The number of hydrogen-bond donors (Lipinski definition) is 1. The van der Waals surface area contributed by atoms with Gasteiger partial charge in [-0.15, -0.1) is 11.3 Å². The first kappa shape index (κ1) is 13.8. The number of aryl methyl sites for hydroxylation is 2. The molecule has 1 aromatic carbocycles. The van der Waals surface area contributed by atoms with Crippen LogP contribution in [0.4, 0.5) is 0 Å². The third kappa shape index (κ3) is 2.27. The second-order valence-electron chi connectivity index (χ2n) is 4.78. The van der Waals surface area contributed by atoms with E-state index in [1.54, 1.807) is 11.3 Å². The highest BCUT2D eigenvalue weighted by atomic mass is 79.9. The van der Waals surface area contributed by atoms with E-state index in [2.05, 4.69) is 61.1 Å². The molecule has 0 fully saturated rings. The lowest BCUT2D eigenvalue weighted by Crippen LogP contribution is -2.15. The van der Waals surface area contributed by atoms with Crippen molar-refractivity contribution in [3.8, 4) is 0 Å². The summed E-state index contributed by atoms with van der Waals surface area (Å²) in [6, 6.07) is 4.26. The predicted octanol–water partition coefficient (Wildman–Crippen LogP) is 4.79. The van der Waals surface area contributed by atoms with E-state index >= 15 is 0 Å². The minimum Gasteiger partial charge on any atom is -0.320 e. The van der Waals surface area contributed by atoms with Crippen LogP contribution in [0.3, 0.4) is 0 Å². The Kier molecular flexibility index (Phi) is 3.95. The molecule has 0 aliphatic rings. The number of benzene rings is 1. The van der Waals surface area contributed by atoms with Crippen LogP contribution in [0.1, 0.15) is 38.7 Å². The van der Waals surface area contributed by atoms with E-state index in [9.17, 15) is 0 Å². The minimum atomic E-state index is -0.0435. The SMILES string of the molecule is Cc1cc(C)c(C)c(C(N)c2sccc2Br)c1C. The van der Waals surface area contributed by atoms with E-state index in [1.807, 2.05) is 0 Å². The highest BCUT2D eigenvalue weighted by Crippen LogP contribution is 2.35. The van der Waals surface area contributed by atoms with Crippen molar-refractivity contribution in [1.82, 2.24) is 0 Å². The van der Waals surface area contributed by atoms with Crippen molar-refractivity contribution in [2.24, 2.45) is 5.73 Å². The maximum atomic E-state index is 6.48. The number of halogens is 1. The molecule has 1 nitrogen and oxygen atoms in total. The highest BCUT2D eigenvalue weighted by Gasteiger charge is 2.19. The summed E-state index contributed by atoms with van der Waals surface area (Å²) in [7, 11) is 0. The van der Waals surface area contributed by atoms with Gasteiger partial charge < -0.3 is 5.73 Å². The van der Waals surface area contributed by atoms with E-state index in [-0.39, 0.29) is 6.04 Å². The van der Waals surface area contributed by atoms with Crippen LogP contribution in [0, 0.1) is 27.7 Å². The number of nitrogens with two attached hydrogens (primary N) is 1. The fourth-order valence-electron chi connectivity index (χ4n) is 2.37. The second kappa shape index (κ2) is 5.16. The molecular formula is C15H18BrNS. The van der Waals surface area contributed by atoms with E-state index in [4.69, 9.17) is 5.73 Å². The third-order valence-electron chi connectivity index (χ3n) is 3.66. The van der Waals surface area contributed by atoms with Crippen molar-refractivity contribution in [2.45, 2.75) is 33.7 Å². The zero-order chi connectivity index (χ0) is 13.4. The van der Waals surface area contributed by atoms with Crippen molar-refractivity contribution < 1.29 is 0 Å². The number of hydrogen-bond acceptors (Lipinski definition) is 2. The topological polar surface area (TPSA) is 26.0 Å². The smallest absolute Gasteiger partial charge is 0.0662 e. The summed E-state index contributed by atoms with van der Waals surface area (Å²) in [6.45, 7) is 8.64. The van der Waals surface area contributed by atoms with Gasteiger partial charge in [0.15, 0.2) is 0 Å². The van der Waals surface area contributed by atoms with Gasteiger partial charge >= 0.3 is 0 Å². The Morgan fingerprint density at radius 3 is 2.11 bits per heavy atom. The molecule has 18 heavy (non-hydrogen) atoms. The molecule has 0 bridgehead atoms. The average molecular weight is 324 g/mol. The van der Waals surface area contributed by atoms with Gasteiger partial charge in [-0.25, -0.2) is 0 Å². The van der Waals surface area contributed by atoms with Crippen LogP contribution in [0.25, 0.3) is 0 Å². The van der Waals surface area contributed by atoms with Gasteiger partial charge in [0.2, 0.25) is 0 Å². The number of thiophene rings is 1. The zero-order valence-electron chi connectivity index (χ0n) is 11.2.